The number of carbonyl (C=O) groups is 2. The molecule has 1 amide bonds. The molecule has 0 fully saturated rings. The number of anilines is 1. The van der Waals surface area contributed by atoms with Gasteiger partial charge in [0.1, 0.15) is 16.0 Å². The van der Waals surface area contributed by atoms with E-state index in [1.165, 1.54) is 28.9 Å². The fourth-order valence-corrected chi connectivity index (χ4v) is 6.87. The number of hydrogen-bond donors (Lipinski definition) is 2. The van der Waals surface area contributed by atoms with Crippen molar-refractivity contribution in [2.45, 2.75) is 52.6 Å². The van der Waals surface area contributed by atoms with E-state index in [9.17, 15) is 9.59 Å². The second-order valence-electron chi connectivity index (χ2n) is 9.82. The summed E-state index contributed by atoms with van der Waals surface area (Å²) in [7, 11) is 1.54. The Morgan fingerprint density at radius 1 is 1.20 bits per heavy atom. The summed E-state index contributed by atoms with van der Waals surface area (Å²) >= 11 is 3.04. The molecule has 0 saturated carbocycles. The zero-order valence-electron chi connectivity index (χ0n) is 20.4. The quantitative estimate of drug-likeness (QED) is 0.295. The second kappa shape index (κ2) is 9.32. The van der Waals surface area contributed by atoms with Gasteiger partial charge in [-0.1, -0.05) is 39.3 Å². The van der Waals surface area contributed by atoms with Gasteiger partial charge in [0.25, 0.3) is 5.91 Å². The molecule has 0 bridgehead atoms. The fraction of sp³-hybridized carbons (Fsp3) is 0.407. The van der Waals surface area contributed by atoms with E-state index in [1.807, 2.05) is 11.4 Å². The Morgan fingerprint density at radius 3 is 2.74 bits per heavy atom. The van der Waals surface area contributed by atoms with Crippen molar-refractivity contribution >= 4 is 39.6 Å². The van der Waals surface area contributed by atoms with Crippen molar-refractivity contribution in [1.29, 1.82) is 0 Å². The van der Waals surface area contributed by atoms with Gasteiger partial charge in [-0.25, -0.2) is 4.79 Å². The van der Waals surface area contributed by atoms with Gasteiger partial charge >= 0.3 is 5.97 Å². The lowest BCUT2D eigenvalue weighted by molar-refractivity contribution is 0.0734. The van der Waals surface area contributed by atoms with Crippen LogP contribution in [0.5, 0.6) is 11.5 Å². The molecule has 3 heterocycles. The van der Waals surface area contributed by atoms with E-state index in [4.69, 9.17) is 9.47 Å². The van der Waals surface area contributed by atoms with Crippen molar-refractivity contribution < 1.29 is 19.1 Å². The zero-order chi connectivity index (χ0) is 24.7. The van der Waals surface area contributed by atoms with Gasteiger partial charge in [-0.05, 0) is 65.3 Å². The summed E-state index contributed by atoms with van der Waals surface area (Å²) in [5, 5.41) is 9.40. The smallest absolute Gasteiger partial charge is 0.353 e. The molecule has 1 aliphatic heterocycles. The van der Waals surface area contributed by atoms with E-state index in [1.54, 1.807) is 35.6 Å². The molecular weight excluding hydrogens is 480 g/mol. The van der Waals surface area contributed by atoms with Crippen LogP contribution in [0, 0.1) is 11.3 Å². The summed E-state index contributed by atoms with van der Waals surface area (Å²) in [5.41, 5.74) is 3.15. The molecule has 0 unspecified atom stereocenters. The van der Waals surface area contributed by atoms with Gasteiger partial charge in [-0.15, -0.1) is 22.7 Å². The number of ether oxygens (including phenoxy) is 2. The lowest BCUT2D eigenvalue weighted by Crippen LogP contribution is -2.38. The van der Waals surface area contributed by atoms with Gasteiger partial charge in [0.2, 0.25) is 0 Å². The highest BCUT2D eigenvalue weighted by Crippen LogP contribution is 2.47. The maximum absolute atomic E-state index is 13.2. The van der Waals surface area contributed by atoms with E-state index in [0.717, 1.165) is 41.8 Å². The van der Waals surface area contributed by atoms with Crippen molar-refractivity contribution in [2.24, 2.45) is 11.3 Å². The minimum Gasteiger partial charge on any atom is -0.493 e. The van der Waals surface area contributed by atoms with Crippen LogP contribution in [0.1, 0.15) is 75.8 Å². The third-order valence-electron chi connectivity index (χ3n) is 7.51. The minimum atomic E-state index is -0.423. The number of rotatable bonds is 6. The number of methoxy groups -OCH3 is 1. The third-order valence-corrected chi connectivity index (χ3v) is 9.54. The molecule has 2 atom stereocenters. The number of thiophene rings is 2. The maximum Gasteiger partial charge on any atom is 0.353 e. The normalized spacial score (nSPS) is 19.3. The van der Waals surface area contributed by atoms with Crippen molar-refractivity contribution in [3.63, 3.8) is 0 Å². The Bertz CT molecular complexity index is 1260. The van der Waals surface area contributed by atoms with Crippen LogP contribution in [0.3, 0.4) is 0 Å². The first-order chi connectivity index (χ1) is 16.8. The van der Waals surface area contributed by atoms with Crippen LogP contribution in [0.15, 0.2) is 35.7 Å². The standard InChI is InChI=1S/C27H30N2O4S2/c1-5-27(2,3)16-9-10-17-21(14-16)35-25-22(17)24(30)28-23(29-25)15-8-11-18(19(13-15)32-4)33-26(31)20-7-6-12-34-20/h6-8,11-13,16,23,29H,5,9-10,14H2,1-4H3,(H,28,30)/t16-,23-/m1/s1. The molecule has 1 aromatic carbocycles. The molecule has 0 saturated heterocycles. The van der Waals surface area contributed by atoms with Crippen LogP contribution < -0.4 is 20.1 Å². The largest absolute Gasteiger partial charge is 0.493 e. The number of nitrogens with one attached hydrogen (secondary N) is 2. The van der Waals surface area contributed by atoms with Gasteiger partial charge < -0.3 is 20.1 Å². The zero-order valence-corrected chi connectivity index (χ0v) is 22.0. The third kappa shape index (κ3) is 4.45. The number of carbonyl (C=O) groups excluding carboxylic acids is 2. The topological polar surface area (TPSA) is 76.7 Å². The molecule has 2 N–H and O–H groups in total. The van der Waals surface area contributed by atoms with Crippen LogP contribution in [0.4, 0.5) is 5.00 Å². The molecule has 2 aliphatic rings. The predicted molar refractivity (Wildman–Crippen MR) is 140 cm³/mol. The number of fused-ring (bicyclic) bond motifs is 3. The maximum atomic E-state index is 13.2. The molecule has 35 heavy (non-hydrogen) atoms. The average Bonchev–Trinajstić information content (AvgIpc) is 3.52. The Hall–Kier alpha value is -2.84. The van der Waals surface area contributed by atoms with Gasteiger partial charge in [0.05, 0.1) is 12.7 Å². The summed E-state index contributed by atoms with van der Waals surface area (Å²) < 4.78 is 11.0. The molecular formula is C27H30N2O4S2. The van der Waals surface area contributed by atoms with E-state index in [0.29, 0.717) is 27.7 Å². The molecule has 184 valence electrons. The Kier molecular flexibility index (Phi) is 6.36. The van der Waals surface area contributed by atoms with Crippen molar-refractivity contribution in [3.8, 4) is 11.5 Å². The molecule has 8 heteroatoms. The van der Waals surface area contributed by atoms with E-state index in [-0.39, 0.29) is 5.91 Å². The number of esters is 1. The Morgan fingerprint density at radius 2 is 2.03 bits per heavy atom. The van der Waals surface area contributed by atoms with Crippen LogP contribution in [0.25, 0.3) is 0 Å². The SMILES string of the molecule is CCC(C)(C)[C@@H]1CCc2c(sc3c2C(=O)N[C@@H](c2ccc(OC(=O)c4cccs4)c(OC)c2)N3)C1. The highest BCUT2D eigenvalue weighted by Gasteiger charge is 2.37. The summed E-state index contributed by atoms with van der Waals surface area (Å²) in [6, 6.07) is 8.88. The molecule has 2 aromatic heterocycles. The Labute approximate surface area is 213 Å². The van der Waals surface area contributed by atoms with Gasteiger partial charge in [-0.3, -0.25) is 4.79 Å². The van der Waals surface area contributed by atoms with Crippen molar-refractivity contribution in [1.82, 2.24) is 5.32 Å². The molecule has 0 radical (unpaired) electrons. The van der Waals surface area contributed by atoms with E-state index >= 15 is 0 Å². The lowest BCUT2D eigenvalue weighted by Gasteiger charge is -2.36. The van der Waals surface area contributed by atoms with Crippen LogP contribution in [-0.4, -0.2) is 19.0 Å². The molecule has 1 aliphatic carbocycles. The van der Waals surface area contributed by atoms with E-state index < -0.39 is 12.1 Å². The first kappa shape index (κ1) is 23.9. The van der Waals surface area contributed by atoms with Crippen LogP contribution in [0.2, 0.25) is 0 Å². The monoisotopic (exact) mass is 510 g/mol. The predicted octanol–water partition coefficient (Wildman–Crippen LogP) is 6.43. The van der Waals surface area contributed by atoms with Gasteiger partial charge in [0, 0.05) is 4.88 Å². The van der Waals surface area contributed by atoms with Crippen molar-refractivity contribution in [3.05, 3.63) is 62.2 Å². The highest BCUT2D eigenvalue weighted by atomic mass is 32.1. The minimum absolute atomic E-state index is 0.0402. The molecule has 0 spiro atoms. The summed E-state index contributed by atoms with van der Waals surface area (Å²) in [6.07, 6.45) is 3.86. The lowest BCUT2D eigenvalue weighted by atomic mass is 9.69. The highest BCUT2D eigenvalue weighted by molar-refractivity contribution is 7.16. The summed E-state index contributed by atoms with van der Waals surface area (Å²) in [5.74, 6) is 0.945. The Balaban J connectivity index is 1.37. The van der Waals surface area contributed by atoms with E-state index in [2.05, 4.69) is 31.4 Å². The van der Waals surface area contributed by atoms with Gasteiger partial charge in [-0.2, -0.15) is 0 Å². The van der Waals surface area contributed by atoms with Crippen molar-refractivity contribution in [2.75, 3.05) is 12.4 Å². The molecule has 5 rings (SSSR count). The van der Waals surface area contributed by atoms with Crippen LogP contribution in [-0.2, 0) is 12.8 Å². The summed E-state index contributed by atoms with van der Waals surface area (Å²) in [6.45, 7) is 6.97. The second-order valence-corrected chi connectivity index (χ2v) is 11.9. The summed E-state index contributed by atoms with van der Waals surface area (Å²) in [4.78, 5) is 27.4. The molecule has 3 aromatic rings. The average molecular weight is 511 g/mol. The number of benzene rings is 1. The first-order valence-electron chi connectivity index (χ1n) is 12.0. The number of amides is 1. The van der Waals surface area contributed by atoms with Crippen LogP contribution >= 0.6 is 22.7 Å². The van der Waals surface area contributed by atoms with Gasteiger partial charge in [0.15, 0.2) is 11.5 Å². The number of hydrogen-bond acceptors (Lipinski definition) is 7. The molecule has 6 nitrogen and oxygen atoms in total. The first-order valence-corrected chi connectivity index (χ1v) is 13.7. The fourth-order valence-electron chi connectivity index (χ4n) is 4.91.